The van der Waals surface area contributed by atoms with Crippen molar-refractivity contribution in [3.8, 4) is 11.4 Å². The highest BCUT2D eigenvalue weighted by molar-refractivity contribution is 5.81. The van der Waals surface area contributed by atoms with Crippen molar-refractivity contribution in [1.29, 1.82) is 0 Å². The number of aryl methyl sites for hydroxylation is 1. The number of phenolic OH excluding ortho intramolecular Hbond substituents is 1. The Morgan fingerprint density at radius 3 is 2.24 bits per heavy atom. The monoisotopic (exact) mass is 401 g/mol. The highest BCUT2D eigenvalue weighted by Gasteiger charge is 2.26. The summed E-state index contributed by atoms with van der Waals surface area (Å²) in [5, 5.41) is 9.72. The van der Waals surface area contributed by atoms with Crippen molar-refractivity contribution < 1.29 is 13.9 Å². The van der Waals surface area contributed by atoms with Gasteiger partial charge in [0.05, 0.1) is 11.2 Å². The second-order valence-corrected chi connectivity index (χ2v) is 8.42. The van der Waals surface area contributed by atoms with Crippen molar-refractivity contribution in [1.82, 2.24) is 9.13 Å². The molecule has 1 aliphatic heterocycles. The summed E-state index contributed by atoms with van der Waals surface area (Å²) in [4.78, 5) is 15.2. The summed E-state index contributed by atoms with van der Waals surface area (Å²) in [6, 6.07) is 8.34. The molecule has 5 nitrogen and oxygen atoms in total. The molecule has 154 valence electrons. The number of phenols is 1. The summed E-state index contributed by atoms with van der Waals surface area (Å²) in [5.41, 5.74) is 1.39. The maximum absolute atomic E-state index is 14.7. The molecule has 7 heteroatoms. The van der Waals surface area contributed by atoms with Crippen LogP contribution in [-0.4, -0.2) is 27.3 Å². The molecular formula is C22H25F2N3O2. The van der Waals surface area contributed by atoms with Crippen LogP contribution in [0.3, 0.4) is 0 Å². The number of aromatic hydroxyl groups is 1. The van der Waals surface area contributed by atoms with Gasteiger partial charge in [-0.3, -0.25) is 9.13 Å². The van der Waals surface area contributed by atoms with E-state index in [2.05, 4.69) is 18.7 Å². The van der Waals surface area contributed by atoms with E-state index in [4.69, 9.17) is 0 Å². The van der Waals surface area contributed by atoms with Gasteiger partial charge in [0.2, 0.25) is 0 Å². The lowest BCUT2D eigenvalue weighted by Crippen LogP contribution is -2.37. The van der Waals surface area contributed by atoms with Crippen LogP contribution in [0.5, 0.6) is 5.75 Å². The second kappa shape index (κ2) is 6.90. The lowest BCUT2D eigenvalue weighted by atomic mass is 9.82. The number of hydrogen-bond donors (Lipinski definition) is 1. The molecule has 3 aromatic rings. The van der Waals surface area contributed by atoms with Crippen LogP contribution >= 0.6 is 0 Å². The summed E-state index contributed by atoms with van der Waals surface area (Å²) < 4.78 is 31.1. The molecule has 1 aromatic heterocycles. The molecule has 2 heterocycles. The van der Waals surface area contributed by atoms with Gasteiger partial charge in [-0.25, -0.2) is 13.6 Å². The molecular weight excluding hydrogens is 376 g/mol. The van der Waals surface area contributed by atoms with Crippen molar-refractivity contribution in [2.24, 2.45) is 5.41 Å². The van der Waals surface area contributed by atoms with Crippen molar-refractivity contribution in [3.63, 3.8) is 0 Å². The quantitative estimate of drug-likeness (QED) is 0.707. The fraction of sp³-hybridized carbons (Fsp3) is 0.409. The maximum Gasteiger partial charge on any atom is 0.333 e. The smallest absolute Gasteiger partial charge is 0.333 e. The minimum Gasteiger partial charge on any atom is -0.503 e. The zero-order valence-electron chi connectivity index (χ0n) is 16.9. The van der Waals surface area contributed by atoms with Gasteiger partial charge in [-0.1, -0.05) is 13.8 Å². The Morgan fingerprint density at radius 1 is 1.07 bits per heavy atom. The zero-order valence-corrected chi connectivity index (χ0v) is 16.9. The van der Waals surface area contributed by atoms with Gasteiger partial charge >= 0.3 is 5.69 Å². The molecule has 0 spiro atoms. The first kappa shape index (κ1) is 19.5. The van der Waals surface area contributed by atoms with E-state index in [1.54, 1.807) is 19.1 Å². The number of hydrogen-bond acceptors (Lipinski definition) is 3. The number of anilines is 1. The number of imidazole rings is 1. The third kappa shape index (κ3) is 3.18. The summed E-state index contributed by atoms with van der Waals surface area (Å²) in [7, 11) is 0. The first-order valence-electron chi connectivity index (χ1n) is 9.91. The molecule has 4 rings (SSSR count). The number of rotatable bonds is 3. The number of aromatic nitrogens is 2. The van der Waals surface area contributed by atoms with Crippen LogP contribution in [0.4, 0.5) is 14.5 Å². The lowest BCUT2D eigenvalue weighted by Gasteiger charge is -2.38. The molecule has 1 saturated heterocycles. The van der Waals surface area contributed by atoms with E-state index in [-0.39, 0.29) is 17.6 Å². The lowest BCUT2D eigenvalue weighted by molar-refractivity contribution is 0.280. The first-order valence-corrected chi connectivity index (χ1v) is 9.91. The van der Waals surface area contributed by atoms with Gasteiger partial charge in [0, 0.05) is 31.4 Å². The number of nitrogens with zero attached hydrogens (tertiary/aromatic N) is 3. The Kier molecular flexibility index (Phi) is 4.63. The molecule has 1 aliphatic rings. The van der Waals surface area contributed by atoms with E-state index in [0.29, 0.717) is 11.1 Å². The second-order valence-electron chi connectivity index (χ2n) is 8.42. The van der Waals surface area contributed by atoms with Gasteiger partial charge in [-0.2, -0.15) is 0 Å². The summed E-state index contributed by atoms with van der Waals surface area (Å²) in [6.45, 7) is 8.46. The predicted molar refractivity (Wildman–Crippen MR) is 110 cm³/mol. The van der Waals surface area contributed by atoms with Gasteiger partial charge in [0.15, 0.2) is 17.4 Å². The Bertz CT molecular complexity index is 1120. The molecule has 0 bridgehead atoms. The van der Waals surface area contributed by atoms with E-state index >= 15 is 0 Å². The first-order chi connectivity index (χ1) is 13.7. The van der Waals surface area contributed by atoms with E-state index in [1.165, 1.54) is 9.13 Å². The zero-order chi connectivity index (χ0) is 20.9. The maximum atomic E-state index is 14.7. The van der Waals surface area contributed by atoms with Crippen LogP contribution in [-0.2, 0) is 6.54 Å². The highest BCUT2D eigenvalue weighted by Crippen LogP contribution is 2.33. The van der Waals surface area contributed by atoms with Crippen molar-refractivity contribution in [2.45, 2.75) is 40.2 Å². The fourth-order valence-corrected chi connectivity index (χ4v) is 4.05. The third-order valence-electron chi connectivity index (χ3n) is 5.99. The van der Waals surface area contributed by atoms with Gasteiger partial charge in [0.1, 0.15) is 5.52 Å². The number of fused-ring (bicyclic) bond motifs is 1. The molecule has 1 fully saturated rings. The fourth-order valence-electron chi connectivity index (χ4n) is 4.05. The molecule has 2 aromatic carbocycles. The third-order valence-corrected chi connectivity index (χ3v) is 5.99. The molecule has 0 amide bonds. The standard InChI is InChI=1S/C22H25F2N3O2/c1-4-26-17-13-16(23)20(28)18(24)19(17)27(21(26)29)15-7-5-14(6-8-15)25-11-9-22(2,3)10-12-25/h5-8,13,28H,4,9-12H2,1-3H3. The largest absolute Gasteiger partial charge is 0.503 e. The Hall–Kier alpha value is -2.83. The van der Waals surface area contributed by atoms with Gasteiger partial charge in [-0.05, 0) is 49.4 Å². The normalized spacial score (nSPS) is 16.5. The summed E-state index contributed by atoms with van der Waals surface area (Å²) in [5.74, 6) is -3.29. The van der Waals surface area contributed by atoms with Gasteiger partial charge < -0.3 is 10.0 Å². The topological polar surface area (TPSA) is 50.4 Å². The Labute approximate surface area is 167 Å². The average Bonchev–Trinajstić information content (AvgIpc) is 2.97. The van der Waals surface area contributed by atoms with E-state index in [1.807, 2.05) is 12.1 Å². The molecule has 0 saturated carbocycles. The molecule has 0 aliphatic carbocycles. The minimum atomic E-state index is -1.13. The van der Waals surface area contributed by atoms with E-state index in [0.717, 1.165) is 37.7 Å². The molecule has 0 radical (unpaired) electrons. The summed E-state index contributed by atoms with van der Waals surface area (Å²) >= 11 is 0. The van der Waals surface area contributed by atoms with Crippen LogP contribution in [0, 0.1) is 17.0 Å². The van der Waals surface area contributed by atoms with Gasteiger partial charge in [-0.15, -0.1) is 0 Å². The van der Waals surface area contributed by atoms with Crippen molar-refractivity contribution in [2.75, 3.05) is 18.0 Å². The minimum absolute atomic E-state index is 0.118. The van der Waals surface area contributed by atoms with E-state index in [9.17, 15) is 18.7 Å². The predicted octanol–water partition coefficient (Wildman–Crippen LogP) is 4.42. The molecule has 1 N–H and O–H groups in total. The number of piperidine rings is 1. The van der Waals surface area contributed by atoms with Crippen LogP contribution in [0.15, 0.2) is 35.1 Å². The van der Waals surface area contributed by atoms with Crippen LogP contribution < -0.4 is 10.6 Å². The molecule has 0 atom stereocenters. The summed E-state index contributed by atoms with van der Waals surface area (Å²) in [6.07, 6.45) is 2.21. The van der Waals surface area contributed by atoms with Crippen LogP contribution in [0.1, 0.15) is 33.6 Å². The van der Waals surface area contributed by atoms with Gasteiger partial charge in [0.25, 0.3) is 0 Å². The molecule has 0 unspecified atom stereocenters. The van der Waals surface area contributed by atoms with Crippen LogP contribution in [0.2, 0.25) is 0 Å². The number of benzene rings is 2. The molecule has 29 heavy (non-hydrogen) atoms. The highest BCUT2D eigenvalue weighted by atomic mass is 19.1. The average molecular weight is 401 g/mol. The van der Waals surface area contributed by atoms with Crippen LogP contribution in [0.25, 0.3) is 16.7 Å². The van der Waals surface area contributed by atoms with Crippen molar-refractivity contribution in [3.05, 3.63) is 52.5 Å². The SMILES string of the molecule is CCn1c(=O)n(-c2ccc(N3CCC(C)(C)CC3)cc2)c2c(F)c(O)c(F)cc21. The number of halogens is 2. The Balaban J connectivity index is 1.79. The van der Waals surface area contributed by atoms with E-state index < -0.39 is 23.1 Å². The Morgan fingerprint density at radius 2 is 1.66 bits per heavy atom. The van der Waals surface area contributed by atoms with Crippen molar-refractivity contribution >= 4 is 16.7 Å².